The van der Waals surface area contributed by atoms with E-state index in [1.807, 2.05) is 42.7 Å². The Bertz CT molecular complexity index is 746. The van der Waals surface area contributed by atoms with Crippen LogP contribution in [0.1, 0.15) is 0 Å². The fourth-order valence-corrected chi connectivity index (χ4v) is 2.71. The number of thioether (sulfide) groups is 1. The molecule has 5 heteroatoms. The van der Waals surface area contributed by atoms with Crippen LogP contribution >= 0.6 is 23.4 Å². The number of benzene rings is 1. The second-order valence-electron chi connectivity index (χ2n) is 3.92. The van der Waals surface area contributed by atoms with E-state index in [1.165, 1.54) is 0 Å². The predicted octanol–water partition coefficient (Wildman–Crippen LogP) is 4.07. The topological polar surface area (TPSA) is 38.7 Å². The number of nitrogens with zero attached hydrogens (tertiary/aromatic N) is 3. The molecule has 2 heterocycles. The van der Waals surface area contributed by atoms with Crippen molar-refractivity contribution in [2.24, 2.45) is 0 Å². The van der Waals surface area contributed by atoms with Crippen molar-refractivity contribution < 1.29 is 0 Å². The zero-order chi connectivity index (χ0) is 13.2. The van der Waals surface area contributed by atoms with Crippen molar-refractivity contribution in [2.75, 3.05) is 6.26 Å². The first-order chi connectivity index (χ1) is 9.29. The number of halogens is 1. The van der Waals surface area contributed by atoms with Gasteiger partial charge in [-0.1, -0.05) is 18.2 Å². The quantitative estimate of drug-likeness (QED) is 0.526. The zero-order valence-corrected chi connectivity index (χ0v) is 11.7. The van der Waals surface area contributed by atoms with E-state index in [4.69, 9.17) is 11.6 Å². The van der Waals surface area contributed by atoms with Gasteiger partial charge < -0.3 is 0 Å². The first kappa shape index (κ1) is 12.4. The highest BCUT2D eigenvalue weighted by molar-refractivity contribution is 7.98. The van der Waals surface area contributed by atoms with Crippen LogP contribution in [0.3, 0.4) is 0 Å². The first-order valence-electron chi connectivity index (χ1n) is 5.71. The molecule has 94 valence electrons. The number of pyridine rings is 1. The molecular weight excluding hydrogens is 278 g/mol. The van der Waals surface area contributed by atoms with Crippen LogP contribution in [-0.2, 0) is 0 Å². The van der Waals surface area contributed by atoms with Gasteiger partial charge in [-0.25, -0.2) is 15.0 Å². The molecule has 19 heavy (non-hydrogen) atoms. The van der Waals surface area contributed by atoms with E-state index >= 15 is 0 Å². The molecule has 0 fully saturated rings. The molecule has 0 atom stereocenters. The summed E-state index contributed by atoms with van der Waals surface area (Å²) in [5.74, 6) is 0. The summed E-state index contributed by atoms with van der Waals surface area (Å²) in [6, 6.07) is 11.7. The van der Waals surface area contributed by atoms with Crippen molar-refractivity contribution in [2.45, 2.75) is 5.03 Å². The highest BCUT2D eigenvalue weighted by Crippen LogP contribution is 2.32. The molecule has 0 bridgehead atoms. The summed E-state index contributed by atoms with van der Waals surface area (Å²) in [6.45, 7) is 0. The molecule has 0 aliphatic heterocycles. The van der Waals surface area contributed by atoms with Crippen LogP contribution in [0.15, 0.2) is 47.6 Å². The third kappa shape index (κ3) is 2.29. The van der Waals surface area contributed by atoms with Crippen LogP contribution < -0.4 is 0 Å². The lowest BCUT2D eigenvalue weighted by atomic mass is 10.1. The lowest BCUT2D eigenvalue weighted by molar-refractivity contribution is 1.12. The van der Waals surface area contributed by atoms with Crippen molar-refractivity contribution in [1.29, 1.82) is 0 Å². The van der Waals surface area contributed by atoms with Crippen LogP contribution in [0.5, 0.6) is 0 Å². The van der Waals surface area contributed by atoms with Gasteiger partial charge in [-0.05, 0) is 36.1 Å². The van der Waals surface area contributed by atoms with Crippen molar-refractivity contribution in [3.63, 3.8) is 0 Å². The van der Waals surface area contributed by atoms with Gasteiger partial charge in [-0.2, -0.15) is 0 Å². The van der Waals surface area contributed by atoms with Gasteiger partial charge in [0.2, 0.25) is 5.28 Å². The van der Waals surface area contributed by atoms with Crippen LogP contribution in [0.25, 0.3) is 22.2 Å². The molecule has 0 saturated carbocycles. The normalized spacial score (nSPS) is 10.8. The lowest BCUT2D eigenvalue weighted by Gasteiger charge is -2.08. The summed E-state index contributed by atoms with van der Waals surface area (Å²) in [5.41, 5.74) is 2.65. The van der Waals surface area contributed by atoms with Crippen molar-refractivity contribution in [1.82, 2.24) is 15.0 Å². The van der Waals surface area contributed by atoms with Gasteiger partial charge in [0.05, 0.1) is 11.2 Å². The summed E-state index contributed by atoms with van der Waals surface area (Å²) in [6.07, 6.45) is 3.77. The van der Waals surface area contributed by atoms with E-state index in [9.17, 15) is 0 Å². The monoisotopic (exact) mass is 287 g/mol. The Balaban J connectivity index is 2.36. The van der Waals surface area contributed by atoms with Gasteiger partial charge in [-0.3, -0.25) is 0 Å². The molecule has 0 radical (unpaired) electrons. The molecule has 0 aliphatic rings. The molecule has 3 aromatic rings. The number of fused-ring (bicyclic) bond motifs is 1. The summed E-state index contributed by atoms with van der Waals surface area (Å²) >= 11 is 7.61. The molecule has 0 unspecified atom stereocenters. The molecule has 0 aliphatic carbocycles. The molecular formula is C14H10ClN3S. The zero-order valence-electron chi connectivity index (χ0n) is 10.2. The Hall–Kier alpha value is -1.65. The average molecular weight is 288 g/mol. The molecule has 2 aromatic heterocycles. The van der Waals surface area contributed by atoms with E-state index in [0.717, 1.165) is 27.2 Å². The maximum absolute atomic E-state index is 6.02. The van der Waals surface area contributed by atoms with Gasteiger partial charge in [-0.15, -0.1) is 11.8 Å². The van der Waals surface area contributed by atoms with Crippen LogP contribution in [0.2, 0.25) is 5.28 Å². The minimum absolute atomic E-state index is 0.254. The summed E-state index contributed by atoms with van der Waals surface area (Å²) in [5, 5.41) is 2.17. The van der Waals surface area contributed by atoms with E-state index in [0.29, 0.717) is 0 Å². The van der Waals surface area contributed by atoms with Crippen molar-refractivity contribution in [3.8, 4) is 11.3 Å². The number of hydrogen-bond acceptors (Lipinski definition) is 4. The highest BCUT2D eigenvalue weighted by Gasteiger charge is 2.12. The SMILES string of the molecule is CSc1ncccc1-c1nc(Cl)nc2ccccc12. The second kappa shape index (κ2) is 5.15. The van der Waals surface area contributed by atoms with Crippen LogP contribution in [0, 0.1) is 0 Å². The third-order valence-electron chi connectivity index (χ3n) is 2.80. The molecule has 0 spiro atoms. The standard InChI is InChI=1S/C14H10ClN3S/c1-19-13-10(6-4-8-16-13)12-9-5-2-3-7-11(9)17-14(15)18-12/h2-8H,1H3. The number of para-hydroxylation sites is 1. The van der Waals surface area contributed by atoms with Crippen molar-refractivity contribution >= 4 is 34.3 Å². The van der Waals surface area contributed by atoms with E-state index in [2.05, 4.69) is 15.0 Å². The number of aromatic nitrogens is 3. The molecule has 0 saturated heterocycles. The minimum atomic E-state index is 0.254. The summed E-state index contributed by atoms with van der Waals surface area (Å²) in [7, 11) is 0. The number of rotatable bonds is 2. The highest BCUT2D eigenvalue weighted by atomic mass is 35.5. The Morgan fingerprint density at radius 2 is 1.89 bits per heavy atom. The van der Waals surface area contributed by atoms with E-state index in [-0.39, 0.29) is 5.28 Å². The largest absolute Gasteiger partial charge is 0.249 e. The first-order valence-corrected chi connectivity index (χ1v) is 7.31. The molecule has 3 rings (SSSR count). The third-order valence-corrected chi connectivity index (χ3v) is 3.68. The Morgan fingerprint density at radius 1 is 1.05 bits per heavy atom. The fraction of sp³-hybridized carbons (Fsp3) is 0.0714. The van der Waals surface area contributed by atoms with E-state index in [1.54, 1.807) is 18.0 Å². The van der Waals surface area contributed by atoms with E-state index < -0.39 is 0 Å². The smallest absolute Gasteiger partial charge is 0.223 e. The summed E-state index contributed by atoms with van der Waals surface area (Å²) in [4.78, 5) is 13.0. The second-order valence-corrected chi connectivity index (χ2v) is 5.05. The summed E-state index contributed by atoms with van der Waals surface area (Å²) < 4.78 is 0. The van der Waals surface area contributed by atoms with Gasteiger partial charge in [0.1, 0.15) is 5.03 Å². The predicted molar refractivity (Wildman–Crippen MR) is 79.6 cm³/mol. The molecule has 3 nitrogen and oxygen atoms in total. The van der Waals surface area contributed by atoms with Gasteiger partial charge in [0.15, 0.2) is 0 Å². The molecule has 0 N–H and O–H groups in total. The Morgan fingerprint density at radius 3 is 2.74 bits per heavy atom. The number of hydrogen-bond donors (Lipinski definition) is 0. The minimum Gasteiger partial charge on any atom is -0.249 e. The maximum Gasteiger partial charge on any atom is 0.223 e. The van der Waals surface area contributed by atoms with Gasteiger partial charge >= 0.3 is 0 Å². The molecule has 1 aromatic carbocycles. The fourth-order valence-electron chi connectivity index (χ4n) is 1.99. The Kier molecular flexibility index (Phi) is 3.36. The van der Waals surface area contributed by atoms with Crippen LogP contribution in [-0.4, -0.2) is 21.2 Å². The average Bonchev–Trinajstić information content (AvgIpc) is 2.46. The lowest BCUT2D eigenvalue weighted by Crippen LogP contribution is -1.93. The van der Waals surface area contributed by atoms with Gasteiger partial charge in [0.25, 0.3) is 0 Å². The Labute approximate surface area is 120 Å². The molecule has 0 amide bonds. The van der Waals surface area contributed by atoms with Gasteiger partial charge in [0, 0.05) is 17.1 Å². The van der Waals surface area contributed by atoms with Crippen molar-refractivity contribution in [3.05, 3.63) is 47.9 Å². The van der Waals surface area contributed by atoms with Crippen LogP contribution in [0.4, 0.5) is 0 Å². The maximum atomic E-state index is 6.02.